The molecule has 0 spiro atoms. The Bertz CT molecular complexity index is 1390. The lowest BCUT2D eigenvalue weighted by atomic mass is 9.86. The number of carbonyl (C=O) groups excluding carboxylic acids is 1. The fraction of sp³-hybridized carbons (Fsp3) is 0.333. The van der Waals surface area contributed by atoms with Gasteiger partial charge in [-0.05, 0) is 54.7 Å². The molecule has 4 rings (SSSR count). The van der Waals surface area contributed by atoms with Crippen LogP contribution in [-0.4, -0.2) is 37.5 Å². The highest BCUT2D eigenvalue weighted by molar-refractivity contribution is 7.91. The Kier molecular flexibility index (Phi) is 7.80. The maximum atomic E-state index is 13.5. The van der Waals surface area contributed by atoms with E-state index >= 15 is 0 Å². The molecule has 0 saturated heterocycles. The van der Waals surface area contributed by atoms with Gasteiger partial charge >= 0.3 is 5.97 Å². The summed E-state index contributed by atoms with van der Waals surface area (Å²) in [5, 5.41) is 13.8. The standard InChI is InChI=1S/C27H29ClN2O5S2/c1-18(2)24(31)29-16-6-15-26(20-7-4-3-5-8-20)17-27(26,25(32)33)30-37(34,35)23-14-13-22(36-23)19-9-11-21(28)12-10-19/h3-5,7-14,18,30H,6,15-17H2,1-2H3,(H,29,31)(H,32,33)/t26-,27-/m0/s1. The van der Waals surface area contributed by atoms with Crippen molar-refractivity contribution in [3.05, 3.63) is 77.3 Å². The maximum Gasteiger partial charge on any atom is 0.325 e. The van der Waals surface area contributed by atoms with E-state index in [1.807, 2.05) is 30.3 Å². The van der Waals surface area contributed by atoms with Crippen LogP contribution in [0, 0.1) is 5.92 Å². The van der Waals surface area contributed by atoms with E-state index in [0.29, 0.717) is 24.4 Å². The van der Waals surface area contributed by atoms with Gasteiger partial charge in [0.2, 0.25) is 5.91 Å². The average Bonchev–Trinajstić information content (AvgIpc) is 3.23. The van der Waals surface area contributed by atoms with Crippen LogP contribution in [0.25, 0.3) is 10.4 Å². The van der Waals surface area contributed by atoms with Crippen molar-refractivity contribution in [1.82, 2.24) is 10.0 Å². The van der Waals surface area contributed by atoms with Gasteiger partial charge in [0.1, 0.15) is 9.75 Å². The van der Waals surface area contributed by atoms with Crippen molar-refractivity contribution in [1.29, 1.82) is 0 Å². The first-order valence-corrected chi connectivity index (χ1v) is 14.6. The predicted octanol–water partition coefficient (Wildman–Crippen LogP) is 5.06. The van der Waals surface area contributed by atoms with E-state index in [1.54, 1.807) is 44.2 Å². The Hall–Kier alpha value is -2.72. The molecule has 1 heterocycles. The van der Waals surface area contributed by atoms with E-state index in [9.17, 15) is 23.1 Å². The molecular weight excluding hydrogens is 532 g/mol. The Morgan fingerprint density at radius 2 is 1.73 bits per heavy atom. The minimum Gasteiger partial charge on any atom is -0.480 e. The van der Waals surface area contributed by atoms with Gasteiger partial charge < -0.3 is 10.4 Å². The molecule has 1 fully saturated rings. The van der Waals surface area contributed by atoms with Crippen LogP contribution < -0.4 is 10.0 Å². The monoisotopic (exact) mass is 560 g/mol. The van der Waals surface area contributed by atoms with Gasteiger partial charge in [-0.3, -0.25) is 9.59 Å². The van der Waals surface area contributed by atoms with Crippen molar-refractivity contribution in [2.24, 2.45) is 5.92 Å². The number of rotatable bonds is 11. The number of carboxylic acids is 1. The summed E-state index contributed by atoms with van der Waals surface area (Å²) in [4.78, 5) is 25.3. The van der Waals surface area contributed by atoms with Gasteiger partial charge in [0.25, 0.3) is 10.0 Å². The highest BCUT2D eigenvalue weighted by atomic mass is 35.5. The minimum atomic E-state index is -4.14. The first kappa shape index (κ1) is 27.3. The third-order valence-electron chi connectivity index (χ3n) is 6.84. The average molecular weight is 561 g/mol. The summed E-state index contributed by atoms with van der Waals surface area (Å²) in [6, 6.07) is 19.4. The molecule has 0 radical (unpaired) electrons. The summed E-state index contributed by atoms with van der Waals surface area (Å²) in [5.41, 5.74) is -1.06. The smallest absolute Gasteiger partial charge is 0.325 e. The summed E-state index contributed by atoms with van der Waals surface area (Å²) in [6.07, 6.45) is 1.01. The van der Waals surface area contributed by atoms with Crippen molar-refractivity contribution in [3.63, 3.8) is 0 Å². The number of thiophene rings is 1. The molecule has 0 bridgehead atoms. The molecule has 3 N–H and O–H groups in total. The van der Waals surface area contributed by atoms with E-state index in [4.69, 9.17) is 11.6 Å². The number of aliphatic carboxylic acids is 1. The fourth-order valence-electron chi connectivity index (χ4n) is 4.74. The molecule has 37 heavy (non-hydrogen) atoms. The Labute approximate surface area is 225 Å². The molecule has 1 aromatic heterocycles. The number of hydrogen-bond donors (Lipinski definition) is 3. The van der Waals surface area contributed by atoms with Gasteiger partial charge in [-0.25, -0.2) is 8.42 Å². The third-order valence-corrected chi connectivity index (χ3v) is 10.2. The number of sulfonamides is 1. The predicted molar refractivity (Wildman–Crippen MR) is 145 cm³/mol. The molecule has 0 aliphatic heterocycles. The second kappa shape index (κ2) is 10.6. The molecular formula is C27H29ClN2O5S2. The summed E-state index contributed by atoms with van der Waals surface area (Å²) in [7, 11) is -4.14. The molecule has 196 valence electrons. The topological polar surface area (TPSA) is 113 Å². The second-order valence-corrected chi connectivity index (χ2v) is 13.0. The van der Waals surface area contributed by atoms with Gasteiger partial charge in [-0.2, -0.15) is 4.72 Å². The molecule has 2 aromatic carbocycles. The SMILES string of the molecule is CC(C)C(=O)NCCC[C@@]1(c2ccccc2)C[C@]1(NS(=O)(=O)c1ccc(-c2ccc(Cl)cc2)s1)C(=O)O. The molecule has 7 nitrogen and oxygen atoms in total. The van der Waals surface area contributed by atoms with Crippen LogP contribution in [0.4, 0.5) is 0 Å². The second-order valence-electron chi connectivity index (χ2n) is 9.62. The lowest BCUT2D eigenvalue weighted by Gasteiger charge is -2.24. The van der Waals surface area contributed by atoms with E-state index < -0.39 is 26.9 Å². The Morgan fingerprint density at radius 3 is 2.35 bits per heavy atom. The van der Waals surface area contributed by atoms with Gasteiger partial charge in [0, 0.05) is 27.8 Å². The molecule has 2 atom stereocenters. The first-order valence-electron chi connectivity index (χ1n) is 12.0. The van der Waals surface area contributed by atoms with Gasteiger partial charge in [-0.15, -0.1) is 11.3 Å². The molecule has 1 aliphatic rings. The third kappa shape index (κ3) is 5.45. The minimum absolute atomic E-state index is 0.0381. The highest BCUT2D eigenvalue weighted by Crippen LogP contribution is 2.61. The Morgan fingerprint density at radius 1 is 1.05 bits per heavy atom. The zero-order valence-electron chi connectivity index (χ0n) is 20.5. The lowest BCUT2D eigenvalue weighted by Crippen LogP contribution is -2.48. The molecule has 1 amide bonds. The number of halogens is 1. The summed E-state index contributed by atoms with van der Waals surface area (Å²) >= 11 is 7.03. The van der Waals surface area contributed by atoms with Crippen LogP contribution in [0.3, 0.4) is 0 Å². The number of benzene rings is 2. The van der Waals surface area contributed by atoms with Crippen molar-refractivity contribution >= 4 is 44.8 Å². The molecule has 0 unspecified atom stereocenters. The van der Waals surface area contributed by atoms with Crippen LogP contribution >= 0.6 is 22.9 Å². The normalized spacial score (nSPS) is 21.1. The van der Waals surface area contributed by atoms with E-state index in [1.165, 1.54) is 6.07 Å². The quantitative estimate of drug-likeness (QED) is 0.284. The van der Waals surface area contributed by atoms with Gasteiger partial charge in [0.05, 0.1) is 0 Å². The molecule has 1 saturated carbocycles. The number of amides is 1. The zero-order valence-corrected chi connectivity index (χ0v) is 22.9. The van der Waals surface area contributed by atoms with Crippen LogP contribution in [-0.2, 0) is 25.0 Å². The van der Waals surface area contributed by atoms with Crippen molar-refractivity contribution in [2.75, 3.05) is 6.54 Å². The highest BCUT2D eigenvalue weighted by Gasteiger charge is 2.74. The Balaban J connectivity index is 1.60. The van der Waals surface area contributed by atoms with Crippen LogP contribution in [0.1, 0.15) is 38.7 Å². The number of hydrogen-bond acceptors (Lipinski definition) is 5. The summed E-state index contributed by atoms with van der Waals surface area (Å²) in [5.74, 6) is -1.46. The van der Waals surface area contributed by atoms with Crippen LogP contribution in [0.5, 0.6) is 0 Å². The molecule has 3 aromatic rings. The summed E-state index contributed by atoms with van der Waals surface area (Å²) < 4.78 is 29.5. The van der Waals surface area contributed by atoms with Crippen molar-refractivity contribution in [2.45, 2.75) is 48.3 Å². The van der Waals surface area contributed by atoms with Crippen molar-refractivity contribution < 1.29 is 23.1 Å². The summed E-state index contributed by atoms with van der Waals surface area (Å²) in [6.45, 7) is 3.98. The zero-order chi connectivity index (χ0) is 26.8. The first-order chi connectivity index (χ1) is 17.5. The van der Waals surface area contributed by atoms with Crippen LogP contribution in [0.2, 0.25) is 5.02 Å². The van der Waals surface area contributed by atoms with Crippen LogP contribution in [0.15, 0.2) is 70.9 Å². The fourth-order valence-corrected chi connectivity index (χ4v) is 7.60. The lowest BCUT2D eigenvalue weighted by molar-refractivity contribution is -0.140. The maximum absolute atomic E-state index is 13.5. The molecule has 10 heteroatoms. The van der Waals surface area contributed by atoms with Gasteiger partial charge in [0.15, 0.2) is 0 Å². The number of nitrogens with one attached hydrogen (secondary N) is 2. The van der Waals surface area contributed by atoms with Crippen molar-refractivity contribution in [3.8, 4) is 10.4 Å². The number of carboxylic acid groups (broad SMARTS) is 1. The van der Waals surface area contributed by atoms with E-state index in [2.05, 4.69) is 10.0 Å². The molecule has 1 aliphatic carbocycles. The van der Waals surface area contributed by atoms with Gasteiger partial charge in [-0.1, -0.05) is 67.9 Å². The number of carbonyl (C=O) groups is 2. The van der Waals surface area contributed by atoms with E-state index in [-0.39, 0.29) is 22.5 Å². The van der Waals surface area contributed by atoms with E-state index in [0.717, 1.165) is 27.3 Å². The largest absolute Gasteiger partial charge is 0.480 e.